The predicted molar refractivity (Wildman–Crippen MR) is 91.6 cm³/mol. The lowest BCUT2D eigenvalue weighted by atomic mass is 10.1. The average molecular weight is 341 g/mol. The third-order valence-electron chi connectivity index (χ3n) is 3.27. The molecule has 2 aromatic rings. The first-order chi connectivity index (χ1) is 12.0. The minimum Gasteiger partial charge on any atom is -0.334 e. The SMILES string of the molecule is CC(=O)ON(C(C)=O)c1ccc(C(=O)CNCc2cccnc2)cc1. The molecule has 1 N–H and O–H groups in total. The number of nitrogens with zero attached hydrogens (tertiary/aromatic N) is 2. The summed E-state index contributed by atoms with van der Waals surface area (Å²) >= 11 is 0. The number of carbonyl (C=O) groups excluding carboxylic acids is 3. The van der Waals surface area contributed by atoms with Crippen molar-refractivity contribution in [1.29, 1.82) is 0 Å². The predicted octanol–water partition coefficient (Wildman–Crippen LogP) is 1.89. The van der Waals surface area contributed by atoms with Gasteiger partial charge in [0.25, 0.3) is 5.91 Å². The number of amides is 1. The Morgan fingerprint density at radius 1 is 1.12 bits per heavy atom. The monoisotopic (exact) mass is 341 g/mol. The van der Waals surface area contributed by atoms with Gasteiger partial charge in [0.05, 0.1) is 12.2 Å². The fraction of sp³-hybridized carbons (Fsp3) is 0.222. The molecule has 0 aliphatic heterocycles. The van der Waals surface area contributed by atoms with E-state index in [1.807, 2.05) is 12.1 Å². The second-order valence-corrected chi connectivity index (χ2v) is 5.33. The van der Waals surface area contributed by atoms with E-state index >= 15 is 0 Å². The second kappa shape index (κ2) is 8.70. The standard InChI is InChI=1S/C18H19N3O4/c1-13(22)21(25-14(2)23)17-7-5-16(6-8-17)18(24)12-20-11-15-4-3-9-19-10-15/h3-10,20H,11-12H2,1-2H3. The van der Waals surface area contributed by atoms with E-state index in [0.717, 1.165) is 10.6 Å². The molecule has 7 nitrogen and oxygen atoms in total. The molecule has 0 radical (unpaired) electrons. The number of benzene rings is 1. The zero-order valence-corrected chi connectivity index (χ0v) is 14.1. The molecule has 0 aliphatic carbocycles. The van der Waals surface area contributed by atoms with Gasteiger partial charge in [0.2, 0.25) is 0 Å². The Balaban J connectivity index is 1.95. The molecular weight excluding hydrogens is 322 g/mol. The number of hydroxylamine groups is 1. The third kappa shape index (κ3) is 5.50. The van der Waals surface area contributed by atoms with E-state index in [-0.39, 0.29) is 12.3 Å². The van der Waals surface area contributed by atoms with Gasteiger partial charge in [-0.1, -0.05) is 6.07 Å². The minimum absolute atomic E-state index is 0.0858. The largest absolute Gasteiger partial charge is 0.334 e. The fourth-order valence-corrected chi connectivity index (χ4v) is 2.14. The lowest BCUT2D eigenvalue weighted by molar-refractivity contribution is -0.147. The lowest BCUT2D eigenvalue weighted by Crippen LogP contribution is -2.30. The highest BCUT2D eigenvalue weighted by molar-refractivity contribution is 5.98. The van der Waals surface area contributed by atoms with Crippen LogP contribution in [0.1, 0.15) is 29.8 Å². The van der Waals surface area contributed by atoms with Crippen molar-refractivity contribution < 1.29 is 19.2 Å². The van der Waals surface area contributed by atoms with Gasteiger partial charge >= 0.3 is 5.97 Å². The quantitative estimate of drug-likeness (QED) is 0.637. The van der Waals surface area contributed by atoms with E-state index in [4.69, 9.17) is 4.84 Å². The van der Waals surface area contributed by atoms with Gasteiger partial charge < -0.3 is 10.2 Å². The van der Waals surface area contributed by atoms with Gasteiger partial charge in [-0.25, -0.2) is 4.79 Å². The lowest BCUT2D eigenvalue weighted by Gasteiger charge is -2.18. The van der Waals surface area contributed by atoms with E-state index in [1.165, 1.54) is 13.8 Å². The van der Waals surface area contributed by atoms with Gasteiger partial charge in [-0.2, -0.15) is 0 Å². The molecule has 0 spiro atoms. The molecule has 2 rings (SSSR count). The number of nitrogens with one attached hydrogen (secondary N) is 1. The van der Waals surface area contributed by atoms with E-state index in [9.17, 15) is 14.4 Å². The first-order valence-corrected chi connectivity index (χ1v) is 7.69. The maximum Gasteiger partial charge on any atom is 0.330 e. The smallest absolute Gasteiger partial charge is 0.330 e. The van der Waals surface area contributed by atoms with Crippen molar-refractivity contribution in [3.8, 4) is 0 Å². The molecule has 0 saturated carbocycles. The van der Waals surface area contributed by atoms with Crippen molar-refractivity contribution in [3.05, 3.63) is 59.9 Å². The summed E-state index contributed by atoms with van der Waals surface area (Å²) in [4.78, 5) is 43.6. The highest BCUT2D eigenvalue weighted by atomic mass is 16.7. The van der Waals surface area contributed by atoms with Gasteiger partial charge in [-0.05, 0) is 35.9 Å². The highest BCUT2D eigenvalue weighted by Gasteiger charge is 2.16. The van der Waals surface area contributed by atoms with Crippen LogP contribution in [0.2, 0.25) is 0 Å². The van der Waals surface area contributed by atoms with E-state index in [0.29, 0.717) is 17.8 Å². The Morgan fingerprint density at radius 2 is 1.84 bits per heavy atom. The number of hydrogen-bond donors (Lipinski definition) is 1. The first-order valence-electron chi connectivity index (χ1n) is 7.69. The van der Waals surface area contributed by atoms with Crippen LogP contribution in [-0.2, 0) is 21.0 Å². The molecular formula is C18H19N3O4. The minimum atomic E-state index is -0.602. The summed E-state index contributed by atoms with van der Waals surface area (Å²) in [7, 11) is 0. The maximum absolute atomic E-state index is 12.2. The van der Waals surface area contributed by atoms with Crippen molar-refractivity contribution >= 4 is 23.3 Å². The number of pyridine rings is 1. The first kappa shape index (κ1) is 18.3. The van der Waals surface area contributed by atoms with Crippen LogP contribution in [0.15, 0.2) is 48.8 Å². The summed E-state index contributed by atoms with van der Waals surface area (Å²) in [6.45, 7) is 3.21. The molecule has 0 saturated heterocycles. The molecule has 130 valence electrons. The summed E-state index contributed by atoms with van der Waals surface area (Å²) in [5.41, 5.74) is 1.86. The van der Waals surface area contributed by atoms with E-state index in [2.05, 4.69) is 10.3 Å². The number of carbonyl (C=O) groups is 3. The summed E-state index contributed by atoms with van der Waals surface area (Å²) in [5, 5.41) is 3.94. The number of aromatic nitrogens is 1. The molecule has 25 heavy (non-hydrogen) atoms. The molecule has 1 aromatic carbocycles. The summed E-state index contributed by atoms with van der Waals surface area (Å²) < 4.78 is 0. The summed E-state index contributed by atoms with van der Waals surface area (Å²) in [6, 6.07) is 10.0. The molecule has 7 heteroatoms. The fourth-order valence-electron chi connectivity index (χ4n) is 2.14. The molecule has 1 amide bonds. The topological polar surface area (TPSA) is 88.6 Å². The van der Waals surface area contributed by atoms with Crippen LogP contribution in [0.4, 0.5) is 5.69 Å². The molecule has 1 heterocycles. The van der Waals surface area contributed by atoms with E-state index in [1.54, 1.807) is 36.7 Å². The Labute approximate surface area is 145 Å². The zero-order chi connectivity index (χ0) is 18.2. The molecule has 1 aromatic heterocycles. The number of rotatable bonds is 6. The average Bonchev–Trinajstić information content (AvgIpc) is 2.60. The number of ketones is 1. The van der Waals surface area contributed by atoms with Crippen LogP contribution >= 0.6 is 0 Å². The number of anilines is 1. The Bertz CT molecular complexity index is 745. The van der Waals surface area contributed by atoms with Gasteiger partial charge in [0.1, 0.15) is 0 Å². The Morgan fingerprint density at radius 3 is 2.40 bits per heavy atom. The number of hydrogen-bond acceptors (Lipinski definition) is 6. The van der Waals surface area contributed by atoms with Crippen molar-refractivity contribution in [3.63, 3.8) is 0 Å². The molecule has 0 atom stereocenters. The van der Waals surface area contributed by atoms with E-state index < -0.39 is 11.9 Å². The van der Waals surface area contributed by atoms with Crippen LogP contribution < -0.4 is 10.4 Å². The molecule has 0 aliphatic rings. The zero-order valence-electron chi connectivity index (χ0n) is 14.1. The second-order valence-electron chi connectivity index (χ2n) is 5.33. The van der Waals surface area contributed by atoms with Crippen LogP contribution in [-0.4, -0.2) is 29.2 Å². The summed E-state index contributed by atoms with van der Waals surface area (Å²) in [5.74, 6) is -1.13. The van der Waals surface area contributed by atoms with Crippen molar-refractivity contribution in [2.75, 3.05) is 11.6 Å². The van der Waals surface area contributed by atoms with Gasteiger partial charge in [0, 0.05) is 38.3 Å². The van der Waals surface area contributed by atoms with Crippen LogP contribution in [0.3, 0.4) is 0 Å². The van der Waals surface area contributed by atoms with Crippen LogP contribution in [0.25, 0.3) is 0 Å². The maximum atomic E-state index is 12.2. The van der Waals surface area contributed by atoms with Crippen molar-refractivity contribution in [2.45, 2.75) is 20.4 Å². The Kier molecular flexibility index (Phi) is 6.36. The van der Waals surface area contributed by atoms with Gasteiger partial charge in [0.15, 0.2) is 5.78 Å². The number of Topliss-reactive ketones (excluding diaryl/α,β-unsaturated/α-hetero) is 1. The molecule has 0 fully saturated rings. The van der Waals surface area contributed by atoms with Crippen LogP contribution in [0, 0.1) is 0 Å². The van der Waals surface area contributed by atoms with Gasteiger partial charge in [-0.15, -0.1) is 5.06 Å². The van der Waals surface area contributed by atoms with Crippen molar-refractivity contribution in [2.24, 2.45) is 0 Å². The third-order valence-corrected chi connectivity index (χ3v) is 3.27. The molecule has 0 bridgehead atoms. The summed E-state index contributed by atoms with van der Waals surface area (Å²) in [6.07, 6.45) is 3.42. The highest BCUT2D eigenvalue weighted by Crippen LogP contribution is 2.16. The Hall–Kier alpha value is -3.06. The van der Waals surface area contributed by atoms with Crippen molar-refractivity contribution in [1.82, 2.24) is 10.3 Å². The van der Waals surface area contributed by atoms with Gasteiger partial charge in [-0.3, -0.25) is 14.6 Å². The molecule has 0 unspecified atom stereocenters. The normalized spacial score (nSPS) is 10.2. The van der Waals surface area contributed by atoms with Crippen LogP contribution in [0.5, 0.6) is 0 Å².